The molecule has 19 heavy (non-hydrogen) atoms. The lowest BCUT2D eigenvalue weighted by Crippen LogP contribution is -2.14. The molecule has 100 valence electrons. The Morgan fingerprint density at radius 3 is 2.47 bits per heavy atom. The van der Waals surface area contributed by atoms with Crippen LogP contribution in [0, 0.1) is 0 Å². The number of hydrogen-bond donors (Lipinski definition) is 1. The fraction of sp³-hybridized carbons (Fsp3) is 0.0833. The monoisotopic (exact) mass is 342 g/mol. The van der Waals surface area contributed by atoms with Gasteiger partial charge in [-0.3, -0.25) is 4.72 Å². The summed E-state index contributed by atoms with van der Waals surface area (Å²) in [6, 6.07) is 9.52. The van der Waals surface area contributed by atoms with Crippen LogP contribution in [0.5, 0.6) is 5.75 Å². The molecule has 0 amide bonds. The third kappa shape index (κ3) is 3.24. The molecule has 0 aliphatic rings. The first-order valence-corrected chi connectivity index (χ1v) is 7.58. The highest BCUT2D eigenvalue weighted by molar-refractivity contribution is 9.10. The highest BCUT2D eigenvalue weighted by Crippen LogP contribution is 2.23. The molecule has 0 saturated carbocycles. The molecule has 0 bridgehead atoms. The van der Waals surface area contributed by atoms with Gasteiger partial charge in [0.05, 0.1) is 16.5 Å². The van der Waals surface area contributed by atoms with Crippen LogP contribution in [0.1, 0.15) is 0 Å². The van der Waals surface area contributed by atoms with Crippen LogP contribution in [0.25, 0.3) is 0 Å². The zero-order valence-electron chi connectivity index (χ0n) is 10.00. The molecule has 0 atom stereocenters. The van der Waals surface area contributed by atoms with Crippen molar-refractivity contribution >= 4 is 31.8 Å². The van der Waals surface area contributed by atoms with E-state index in [2.05, 4.69) is 25.6 Å². The summed E-state index contributed by atoms with van der Waals surface area (Å²) in [6.07, 6.45) is 1.51. The van der Waals surface area contributed by atoms with Crippen molar-refractivity contribution < 1.29 is 13.2 Å². The lowest BCUT2D eigenvalue weighted by molar-refractivity contribution is 0.414. The number of sulfonamides is 1. The van der Waals surface area contributed by atoms with Crippen LogP contribution in [-0.2, 0) is 10.0 Å². The molecule has 1 heterocycles. The van der Waals surface area contributed by atoms with Gasteiger partial charge in [-0.2, -0.15) is 0 Å². The number of anilines is 1. The number of aromatic nitrogens is 1. The van der Waals surface area contributed by atoms with Crippen molar-refractivity contribution in [3.05, 3.63) is 47.1 Å². The second-order valence-electron chi connectivity index (χ2n) is 3.61. The Balaban J connectivity index is 2.30. The predicted molar refractivity (Wildman–Crippen MR) is 75.7 cm³/mol. The topological polar surface area (TPSA) is 68.3 Å². The lowest BCUT2D eigenvalue weighted by Gasteiger charge is -2.09. The molecular weight excluding hydrogens is 332 g/mol. The zero-order valence-corrected chi connectivity index (χ0v) is 12.4. The van der Waals surface area contributed by atoms with Crippen molar-refractivity contribution in [3.63, 3.8) is 0 Å². The van der Waals surface area contributed by atoms with E-state index in [1.54, 1.807) is 24.3 Å². The van der Waals surface area contributed by atoms with E-state index in [9.17, 15) is 8.42 Å². The van der Waals surface area contributed by atoms with Crippen molar-refractivity contribution in [1.29, 1.82) is 0 Å². The van der Waals surface area contributed by atoms with Crippen LogP contribution in [0.4, 0.5) is 5.82 Å². The average molecular weight is 343 g/mol. The normalized spacial score (nSPS) is 11.1. The fourth-order valence-corrected chi connectivity index (χ4v) is 2.92. The van der Waals surface area contributed by atoms with Gasteiger partial charge in [-0.1, -0.05) is 0 Å². The molecule has 1 N–H and O–H groups in total. The van der Waals surface area contributed by atoms with E-state index in [1.807, 2.05) is 0 Å². The maximum atomic E-state index is 12.1. The highest BCUT2D eigenvalue weighted by Gasteiger charge is 2.16. The summed E-state index contributed by atoms with van der Waals surface area (Å²) in [7, 11) is -2.14. The van der Waals surface area contributed by atoms with E-state index >= 15 is 0 Å². The van der Waals surface area contributed by atoms with Crippen LogP contribution in [-0.4, -0.2) is 20.5 Å². The number of pyridine rings is 1. The van der Waals surface area contributed by atoms with Crippen molar-refractivity contribution in [3.8, 4) is 5.75 Å². The summed E-state index contributed by atoms with van der Waals surface area (Å²) in [5, 5.41) is 0. The summed E-state index contributed by atoms with van der Waals surface area (Å²) in [6.45, 7) is 0. The molecule has 0 saturated heterocycles. The van der Waals surface area contributed by atoms with Gasteiger partial charge in [0.2, 0.25) is 0 Å². The number of ether oxygens (including phenoxy) is 1. The van der Waals surface area contributed by atoms with E-state index in [1.165, 1.54) is 25.4 Å². The maximum absolute atomic E-state index is 12.1. The number of nitrogens with zero attached hydrogens (tertiary/aromatic N) is 1. The van der Waals surface area contributed by atoms with Gasteiger partial charge in [0.1, 0.15) is 5.75 Å². The summed E-state index contributed by atoms with van der Waals surface area (Å²) in [5.41, 5.74) is 0. The van der Waals surface area contributed by atoms with Crippen LogP contribution >= 0.6 is 15.9 Å². The molecule has 2 aromatic rings. The number of nitrogens with one attached hydrogen (secondary N) is 1. The molecule has 0 aliphatic carbocycles. The van der Waals surface area contributed by atoms with E-state index < -0.39 is 10.0 Å². The molecule has 0 spiro atoms. The summed E-state index contributed by atoms with van der Waals surface area (Å²) >= 11 is 3.23. The molecule has 7 heteroatoms. The van der Waals surface area contributed by atoms with Gasteiger partial charge in [0.15, 0.2) is 5.82 Å². The fourth-order valence-electron chi connectivity index (χ4n) is 1.40. The largest absolute Gasteiger partial charge is 0.497 e. The molecule has 0 unspecified atom stereocenters. The van der Waals surface area contributed by atoms with Gasteiger partial charge in [0.25, 0.3) is 10.0 Å². The number of hydrogen-bond acceptors (Lipinski definition) is 4. The number of benzene rings is 1. The van der Waals surface area contributed by atoms with Crippen molar-refractivity contribution in [2.75, 3.05) is 11.8 Å². The Hall–Kier alpha value is -1.60. The van der Waals surface area contributed by atoms with Gasteiger partial charge >= 0.3 is 0 Å². The SMILES string of the molecule is COc1ccc(S(=O)(=O)Nc2ncccc2Br)cc1. The van der Waals surface area contributed by atoms with E-state index in [0.717, 1.165) is 0 Å². The average Bonchev–Trinajstić information content (AvgIpc) is 2.41. The summed E-state index contributed by atoms with van der Waals surface area (Å²) < 4.78 is 32.3. The second kappa shape index (κ2) is 5.58. The molecule has 0 aliphatic heterocycles. The Bertz CT molecular complexity index is 672. The first-order valence-electron chi connectivity index (χ1n) is 5.30. The number of methoxy groups -OCH3 is 1. The number of halogens is 1. The number of rotatable bonds is 4. The first kappa shape index (κ1) is 13.8. The van der Waals surface area contributed by atoms with Gasteiger partial charge < -0.3 is 4.74 Å². The van der Waals surface area contributed by atoms with Crippen molar-refractivity contribution in [2.24, 2.45) is 0 Å². The molecule has 1 aromatic heterocycles. The molecular formula is C12H11BrN2O3S. The Kier molecular flexibility index (Phi) is 4.06. The quantitative estimate of drug-likeness (QED) is 0.927. The van der Waals surface area contributed by atoms with Gasteiger partial charge in [-0.25, -0.2) is 13.4 Å². The summed E-state index contributed by atoms with van der Waals surface area (Å²) in [4.78, 5) is 4.11. The minimum absolute atomic E-state index is 0.144. The standard InChI is InChI=1S/C12H11BrN2O3S/c1-18-9-4-6-10(7-5-9)19(16,17)15-12-11(13)3-2-8-14-12/h2-8H,1H3,(H,14,15). The maximum Gasteiger partial charge on any atom is 0.263 e. The van der Waals surface area contributed by atoms with Gasteiger partial charge in [0, 0.05) is 6.20 Å². The molecule has 0 radical (unpaired) electrons. The van der Waals surface area contributed by atoms with Gasteiger partial charge in [-0.15, -0.1) is 0 Å². The summed E-state index contributed by atoms with van der Waals surface area (Å²) in [5.74, 6) is 0.844. The predicted octanol–water partition coefficient (Wildman–Crippen LogP) is 2.65. The highest BCUT2D eigenvalue weighted by atomic mass is 79.9. The first-order chi connectivity index (χ1) is 9.03. The van der Waals surface area contributed by atoms with Crippen molar-refractivity contribution in [1.82, 2.24) is 4.98 Å². The van der Waals surface area contributed by atoms with Gasteiger partial charge in [-0.05, 0) is 52.3 Å². The van der Waals surface area contributed by atoms with Crippen molar-refractivity contribution in [2.45, 2.75) is 4.90 Å². The second-order valence-corrected chi connectivity index (χ2v) is 6.15. The Morgan fingerprint density at radius 2 is 1.89 bits per heavy atom. The Morgan fingerprint density at radius 1 is 1.21 bits per heavy atom. The van der Waals surface area contributed by atoms with Crippen LogP contribution in [0.2, 0.25) is 0 Å². The smallest absolute Gasteiger partial charge is 0.263 e. The van der Waals surface area contributed by atoms with E-state index in [-0.39, 0.29) is 10.7 Å². The third-order valence-electron chi connectivity index (χ3n) is 2.36. The molecule has 5 nitrogen and oxygen atoms in total. The minimum Gasteiger partial charge on any atom is -0.497 e. The third-order valence-corrected chi connectivity index (χ3v) is 4.35. The van der Waals surface area contributed by atoms with Crippen LogP contribution in [0.15, 0.2) is 52.0 Å². The lowest BCUT2D eigenvalue weighted by atomic mass is 10.3. The minimum atomic E-state index is -3.66. The van der Waals surface area contributed by atoms with Crippen LogP contribution < -0.4 is 9.46 Å². The van der Waals surface area contributed by atoms with Crippen LogP contribution in [0.3, 0.4) is 0 Å². The van der Waals surface area contributed by atoms with E-state index in [4.69, 9.17) is 4.74 Å². The Labute approximate surface area is 119 Å². The molecule has 2 rings (SSSR count). The molecule has 0 fully saturated rings. The molecule has 1 aromatic carbocycles. The van der Waals surface area contributed by atoms with E-state index in [0.29, 0.717) is 10.2 Å². The zero-order chi connectivity index (χ0) is 13.9.